The summed E-state index contributed by atoms with van der Waals surface area (Å²) in [5.74, 6) is -2.46. The smallest absolute Gasteiger partial charge is 0.335 e. The van der Waals surface area contributed by atoms with E-state index in [2.05, 4.69) is 10.6 Å². The van der Waals surface area contributed by atoms with Crippen molar-refractivity contribution in [2.75, 3.05) is 11.4 Å². The van der Waals surface area contributed by atoms with E-state index < -0.39 is 29.6 Å². The molecule has 0 bridgehead atoms. The highest BCUT2D eigenvalue weighted by Crippen LogP contribution is 2.25. The second-order valence-corrected chi connectivity index (χ2v) is 7.62. The monoisotopic (exact) mass is 425 g/mol. The molecule has 1 aliphatic heterocycles. The number of nitrogens with zero attached hydrogens (tertiary/aromatic N) is 1. The number of carbonyl (C=O) groups excluding carboxylic acids is 3. The number of anilines is 1. The lowest BCUT2D eigenvalue weighted by Crippen LogP contribution is -2.50. The van der Waals surface area contributed by atoms with Gasteiger partial charge in [-0.05, 0) is 60.7 Å². The van der Waals surface area contributed by atoms with Crippen LogP contribution in [0.5, 0.6) is 0 Å². The number of benzene rings is 2. The summed E-state index contributed by atoms with van der Waals surface area (Å²) >= 11 is 0. The molecule has 31 heavy (non-hydrogen) atoms. The second-order valence-electron chi connectivity index (χ2n) is 7.62. The molecule has 1 fully saturated rings. The minimum absolute atomic E-state index is 0.0321. The summed E-state index contributed by atoms with van der Waals surface area (Å²) in [5, 5.41) is 14.2. The number of aromatic carboxylic acids is 1. The van der Waals surface area contributed by atoms with Gasteiger partial charge in [0.2, 0.25) is 5.91 Å². The Morgan fingerprint density at radius 2 is 1.84 bits per heavy atom. The van der Waals surface area contributed by atoms with Crippen molar-refractivity contribution in [3.8, 4) is 0 Å². The fraction of sp³-hybridized carbons (Fsp3) is 0.273. The lowest BCUT2D eigenvalue weighted by Gasteiger charge is -2.28. The zero-order chi connectivity index (χ0) is 22.1. The standard InChI is InChI=1S/C22H20FN3O5/c23-17-6-4-14(11-18(17)26-8-7-19(27)25-22(26)31)20(28)24-16-5-3-12-9-15(21(29)30)2-1-13(12)10-16/h1-2,4,6,9,11,16H,3,5,7-8,10H2,(H,24,28)(H,29,30)(H,25,27,31). The van der Waals surface area contributed by atoms with Gasteiger partial charge in [0.05, 0.1) is 11.3 Å². The number of imide groups is 1. The Hall–Kier alpha value is -3.75. The first kappa shape index (κ1) is 20.5. The summed E-state index contributed by atoms with van der Waals surface area (Å²) < 4.78 is 14.3. The van der Waals surface area contributed by atoms with E-state index >= 15 is 0 Å². The van der Waals surface area contributed by atoms with Crippen LogP contribution in [0, 0.1) is 5.82 Å². The minimum atomic E-state index is -0.975. The zero-order valence-corrected chi connectivity index (χ0v) is 16.5. The van der Waals surface area contributed by atoms with Crippen LogP contribution in [0.4, 0.5) is 14.9 Å². The van der Waals surface area contributed by atoms with Crippen molar-refractivity contribution in [2.24, 2.45) is 0 Å². The van der Waals surface area contributed by atoms with Crippen molar-refractivity contribution in [2.45, 2.75) is 31.7 Å². The van der Waals surface area contributed by atoms with Gasteiger partial charge < -0.3 is 10.4 Å². The van der Waals surface area contributed by atoms with Gasteiger partial charge in [-0.3, -0.25) is 19.8 Å². The molecule has 0 radical (unpaired) electrons. The van der Waals surface area contributed by atoms with Crippen LogP contribution in [0.15, 0.2) is 36.4 Å². The molecular formula is C22H20FN3O5. The Morgan fingerprint density at radius 3 is 2.58 bits per heavy atom. The van der Waals surface area contributed by atoms with Gasteiger partial charge >= 0.3 is 12.0 Å². The summed E-state index contributed by atoms with van der Waals surface area (Å²) in [6, 6.07) is 7.87. The van der Waals surface area contributed by atoms with Crippen molar-refractivity contribution in [1.29, 1.82) is 0 Å². The predicted molar refractivity (Wildman–Crippen MR) is 109 cm³/mol. The normalized spacial score (nSPS) is 18.2. The lowest BCUT2D eigenvalue weighted by atomic mass is 9.87. The first-order chi connectivity index (χ1) is 14.8. The number of urea groups is 1. The molecule has 0 aromatic heterocycles. The Labute approximate surface area is 177 Å². The van der Waals surface area contributed by atoms with E-state index in [-0.39, 0.29) is 35.8 Å². The highest BCUT2D eigenvalue weighted by atomic mass is 19.1. The molecule has 8 nitrogen and oxygen atoms in total. The van der Waals surface area contributed by atoms with Crippen LogP contribution in [0.1, 0.15) is 44.7 Å². The van der Waals surface area contributed by atoms with Crippen molar-refractivity contribution >= 4 is 29.5 Å². The predicted octanol–water partition coefficient (Wildman–Crippen LogP) is 2.26. The van der Waals surface area contributed by atoms with Gasteiger partial charge in [-0.2, -0.15) is 0 Å². The van der Waals surface area contributed by atoms with Crippen molar-refractivity contribution in [3.63, 3.8) is 0 Å². The molecule has 1 aliphatic carbocycles. The Kier molecular flexibility index (Phi) is 5.41. The number of carboxylic acids is 1. The number of carboxylic acid groups (broad SMARTS) is 1. The van der Waals surface area contributed by atoms with Crippen molar-refractivity contribution in [3.05, 3.63) is 64.5 Å². The number of rotatable bonds is 4. The lowest BCUT2D eigenvalue weighted by molar-refractivity contribution is -0.120. The molecule has 4 rings (SSSR count). The first-order valence-corrected chi connectivity index (χ1v) is 9.88. The van der Waals surface area contributed by atoms with E-state index in [1.807, 2.05) is 0 Å². The summed E-state index contributed by atoms with van der Waals surface area (Å²) in [7, 11) is 0. The summed E-state index contributed by atoms with van der Waals surface area (Å²) in [4.78, 5) is 48.3. The quantitative estimate of drug-likeness (QED) is 0.695. The van der Waals surface area contributed by atoms with Crippen LogP contribution in [-0.4, -0.2) is 41.5 Å². The number of aryl methyl sites for hydroxylation is 1. The third-order valence-electron chi connectivity index (χ3n) is 5.57. The van der Waals surface area contributed by atoms with Gasteiger partial charge in [0, 0.05) is 24.6 Å². The van der Waals surface area contributed by atoms with Crippen LogP contribution in [0.2, 0.25) is 0 Å². The molecule has 1 atom stereocenters. The van der Waals surface area contributed by atoms with Gasteiger partial charge in [-0.1, -0.05) is 6.07 Å². The van der Waals surface area contributed by atoms with Crippen LogP contribution < -0.4 is 15.5 Å². The second kappa shape index (κ2) is 8.17. The Morgan fingerprint density at radius 1 is 1.06 bits per heavy atom. The van der Waals surface area contributed by atoms with E-state index in [0.29, 0.717) is 19.3 Å². The molecule has 160 valence electrons. The van der Waals surface area contributed by atoms with Crippen LogP contribution in [0.25, 0.3) is 0 Å². The van der Waals surface area contributed by atoms with Gasteiger partial charge in [0.15, 0.2) is 0 Å². The minimum Gasteiger partial charge on any atom is -0.478 e. The first-order valence-electron chi connectivity index (χ1n) is 9.88. The fourth-order valence-corrected chi connectivity index (χ4v) is 3.93. The summed E-state index contributed by atoms with van der Waals surface area (Å²) in [6.07, 6.45) is 1.89. The highest BCUT2D eigenvalue weighted by Gasteiger charge is 2.28. The van der Waals surface area contributed by atoms with E-state index in [9.17, 15) is 23.6 Å². The number of nitrogens with one attached hydrogen (secondary N) is 2. The zero-order valence-electron chi connectivity index (χ0n) is 16.5. The molecule has 1 heterocycles. The molecular weight excluding hydrogens is 405 g/mol. The maximum absolute atomic E-state index is 14.3. The van der Waals surface area contributed by atoms with Crippen molar-refractivity contribution < 1.29 is 28.7 Å². The average Bonchev–Trinajstić information content (AvgIpc) is 2.74. The number of halogens is 1. The van der Waals surface area contributed by atoms with Gasteiger partial charge in [0.25, 0.3) is 5.91 Å². The highest BCUT2D eigenvalue weighted by molar-refractivity contribution is 6.06. The largest absolute Gasteiger partial charge is 0.478 e. The molecule has 1 saturated heterocycles. The molecule has 2 aromatic carbocycles. The Balaban J connectivity index is 1.47. The van der Waals surface area contributed by atoms with Gasteiger partial charge in [-0.15, -0.1) is 0 Å². The topological polar surface area (TPSA) is 116 Å². The van der Waals surface area contributed by atoms with Crippen molar-refractivity contribution in [1.82, 2.24) is 10.6 Å². The molecule has 0 saturated carbocycles. The number of amides is 4. The van der Waals surface area contributed by atoms with E-state index in [1.54, 1.807) is 18.2 Å². The number of hydrogen-bond donors (Lipinski definition) is 3. The van der Waals surface area contributed by atoms with E-state index in [0.717, 1.165) is 22.1 Å². The molecule has 1 unspecified atom stereocenters. The molecule has 2 aromatic rings. The molecule has 9 heteroatoms. The average molecular weight is 425 g/mol. The fourth-order valence-electron chi connectivity index (χ4n) is 3.93. The van der Waals surface area contributed by atoms with Gasteiger partial charge in [-0.25, -0.2) is 14.0 Å². The maximum Gasteiger partial charge on any atom is 0.335 e. The molecule has 0 spiro atoms. The summed E-state index contributed by atoms with van der Waals surface area (Å²) in [5.41, 5.74) is 2.32. The number of carbonyl (C=O) groups is 4. The van der Waals surface area contributed by atoms with E-state index in [1.165, 1.54) is 12.1 Å². The molecule has 4 amide bonds. The van der Waals surface area contributed by atoms with E-state index in [4.69, 9.17) is 5.11 Å². The number of fused-ring (bicyclic) bond motifs is 1. The van der Waals surface area contributed by atoms with Crippen LogP contribution in [-0.2, 0) is 17.6 Å². The van der Waals surface area contributed by atoms with Crippen LogP contribution in [0.3, 0.4) is 0 Å². The summed E-state index contributed by atoms with van der Waals surface area (Å²) in [6.45, 7) is 0.0321. The Bertz CT molecular complexity index is 1100. The maximum atomic E-state index is 14.3. The van der Waals surface area contributed by atoms with Gasteiger partial charge in [0.1, 0.15) is 5.82 Å². The van der Waals surface area contributed by atoms with Crippen LogP contribution >= 0.6 is 0 Å². The SMILES string of the molecule is O=C1CCN(c2cc(C(=O)NC3CCc4cc(C(=O)O)ccc4C3)ccc2F)C(=O)N1. The number of hydrogen-bond acceptors (Lipinski definition) is 4. The third-order valence-corrected chi connectivity index (χ3v) is 5.57. The third kappa shape index (κ3) is 4.25. The molecule has 2 aliphatic rings. The molecule has 3 N–H and O–H groups in total.